The highest BCUT2D eigenvalue weighted by atomic mass is 16.5. The summed E-state index contributed by atoms with van der Waals surface area (Å²) in [6.07, 6.45) is 0. The van der Waals surface area contributed by atoms with E-state index in [1.807, 2.05) is 0 Å². The Morgan fingerprint density at radius 3 is 2.85 bits per heavy atom. The molecule has 4 heteroatoms. The minimum absolute atomic E-state index is 0.172. The van der Waals surface area contributed by atoms with E-state index in [0.29, 0.717) is 17.9 Å². The Labute approximate surface area is 76.1 Å². The largest absolute Gasteiger partial charge is 0.460 e. The average molecular weight is 184 g/mol. The third kappa shape index (κ3) is 2.09. The zero-order chi connectivity index (χ0) is 9.84. The predicted octanol–water partition coefficient (Wildman–Crippen LogP) is 1.26. The molecule has 0 radical (unpaired) electrons. The Kier molecular flexibility index (Phi) is 3.08. The summed E-state index contributed by atoms with van der Waals surface area (Å²) >= 11 is 0. The predicted molar refractivity (Wildman–Crippen MR) is 45.3 cm³/mol. The van der Waals surface area contributed by atoms with Crippen molar-refractivity contribution in [3.05, 3.63) is 23.2 Å². The Hall–Kier alpha value is -1.29. The molecule has 0 aliphatic heterocycles. The number of hydrogen-bond acceptors (Lipinski definition) is 4. The first-order chi connectivity index (χ1) is 6.19. The lowest BCUT2D eigenvalue weighted by atomic mass is 10.3. The topological polar surface area (TPSA) is 59.7 Å². The maximum atomic E-state index is 11.2. The van der Waals surface area contributed by atoms with Crippen molar-refractivity contribution in [1.82, 2.24) is 0 Å². The number of carbonyl (C=O) groups excluding carboxylic acids is 1. The summed E-state index contributed by atoms with van der Waals surface area (Å²) in [4.78, 5) is 11.2. The molecule has 1 rings (SSSR count). The van der Waals surface area contributed by atoms with Gasteiger partial charge in [0.1, 0.15) is 12.4 Å². The number of aryl methyl sites for hydroxylation is 1. The number of ether oxygens (including phenoxy) is 1. The van der Waals surface area contributed by atoms with Crippen LogP contribution in [0.3, 0.4) is 0 Å². The second-order valence-electron chi connectivity index (χ2n) is 2.60. The zero-order valence-electron chi connectivity index (χ0n) is 7.66. The van der Waals surface area contributed by atoms with Crippen molar-refractivity contribution in [3.8, 4) is 0 Å². The molecule has 1 aromatic heterocycles. The fourth-order valence-electron chi connectivity index (χ4n) is 1.03. The maximum absolute atomic E-state index is 11.2. The molecule has 1 heterocycles. The number of aliphatic hydroxyl groups excluding tert-OH is 1. The molecule has 4 nitrogen and oxygen atoms in total. The normalized spacial score (nSPS) is 10.1. The molecule has 0 saturated carbocycles. The Morgan fingerprint density at radius 2 is 2.38 bits per heavy atom. The molecule has 0 fully saturated rings. The first kappa shape index (κ1) is 9.80. The maximum Gasteiger partial charge on any atom is 0.374 e. The zero-order valence-corrected chi connectivity index (χ0v) is 7.66. The van der Waals surface area contributed by atoms with E-state index in [9.17, 15) is 4.79 Å². The van der Waals surface area contributed by atoms with Gasteiger partial charge in [0.05, 0.1) is 6.61 Å². The van der Waals surface area contributed by atoms with Crippen molar-refractivity contribution >= 4 is 5.97 Å². The van der Waals surface area contributed by atoms with Crippen LogP contribution in [0.25, 0.3) is 0 Å². The van der Waals surface area contributed by atoms with E-state index in [4.69, 9.17) is 14.3 Å². The third-order valence-electron chi connectivity index (χ3n) is 1.59. The van der Waals surface area contributed by atoms with Crippen LogP contribution in [0.15, 0.2) is 10.5 Å². The lowest BCUT2D eigenvalue weighted by Crippen LogP contribution is -2.04. The summed E-state index contributed by atoms with van der Waals surface area (Å²) in [5, 5.41) is 8.74. The number of esters is 1. The molecule has 0 atom stereocenters. The van der Waals surface area contributed by atoms with Crippen LogP contribution < -0.4 is 0 Å². The smallest absolute Gasteiger partial charge is 0.374 e. The highest BCUT2D eigenvalue weighted by molar-refractivity contribution is 5.87. The van der Waals surface area contributed by atoms with Crippen molar-refractivity contribution in [2.75, 3.05) is 6.61 Å². The van der Waals surface area contributed by atoms with Crippen LogP contribution in [0.2, 0.25) is 0 Å². The molecule has 0 aromatic carbocycles. The summed E-state index contributed by atoms with van der Waals surface area (Å²) in [5.74, 6) is 0.0613. The van der Waals surface area contributed by atoms with Gasteiger partial charge >= 0.3 is 5.97 Å². The Bertz CT molecular complexity index is 301. The molecule has 1 N–H and O–H groups in total. The molecule has 0 saturated heterocycles. The van der Waals surface area contributed by atoms with Gasteiger partial charge in [-0.3, -0.25) is 0 Å². The van der Waals surface area contributed by atoms with Crippen LogP contribution in [0.5, 0.6) is 0 Å². The lowest BCUT2D eigenvalue weighted by Gasteiger charge is -1.98. The van der Waals surface area contributed by atoms with E-state index in [0.717, 1.165) is 0 Å². The molecular weight excluding hydrogens is 172 g/mol. The minimum atomic E-state index is -0.486. The van der Waals surface area contributed by atoms with Gasteiger partial charge in [-0.05, 0) is 19.9 Å². The van der Waals surface area contributed by atoms with E-state index >= 15 is 0 Å². The molecule has 1 aromatic rings. The number of rotatable bonds is 3. The molecule has 0 unspecified atom stereocenters. The third-order valence-corrected chi connectivity index (χ3v) is 1.59. The second kappa shape index (κ2) is 4.09. The summed E-state index contributed by atoms with van der Waals surface area (Å²) < 4.78 is 9.81. The van der Waals surface area contributed by atoms with Gasteiger partial charge in [-0.1, -0.05) is 0 Å². The fourth-order valence-corrected chi connectivity index (χ4v) is 1.03. The van der Waals surface area contributed by atoms with Crippen molar-refractivity contribution < 1.29 is 19.1 Å². The molecule has 0 bridgehead atoms. The van der Waals surface area contributed by atoms with Crippen LogP contribution >= 0.6 is 0 Å². The van der Waals surface area contributed by atoms with Gasteiger partial charge in [-0.25, -0.2) is 4.79 Å². The van der Waals surface area contributed by atoms with E-state index in [1.54, 1.807) is 19.9 Å². The number of carbonyl (C=O) groups is 1. The summed E-state index contributed by atoms with van der Waals surface area (Å²) in [6.45, 7) is 3.56. The van der Waals surface area contributed by atoms with Crippen molar-refractivity contribution in [2.24, 2.45) is 0 Å². The molecule has 0 aliphatic rings. The summed E-state index contributed by atoms with van der Waals surface area (Å²) in [5.41, 5.74) is 0.683. The van der Waals surface area contributed by atoms with E-state index in [-0.39, 0.29) is 12.4 Å². The Morgan fingerprint density at radius 1 is 1.69 bits per heavy atom. The quantitative estimate of drug-likeness (QED) is 0.718. The molecule has 13 heavy (non-hydrogen) atoms. The summed E-state index contributed by atoms with van der Waals surface area (Å²) in [6, 6.07) is 1.62. The van der Waals surface area contributed by atoms with Crippen LogP contribution in [0.4, 0.5) is 0 Å². The van der Waals surface area contributed by atoms with E-state index < -0.39 is 5.97 Å². The van der Waals surface area contributed by atoms with Gasteiger partial charge in [-0.15, -0.1) is 0 Å². The van der Waals surface area contributed by atoms with Crippen LogP contribution in [-0.2, 0) is 11.3 Å². The molecule has 0 amide bonds. The Balaban J connectivity index is 2.87. The second-order valence-corrected chi connectivity index (χ2v) is 2.60. The monoisotopic (exact) mass is 184 g/mol. The summed E-state index contributed by atoms with van der Waals surface area (Å²) in [7, 11) is 0. The van der Waals surface area contributed by atoms with E-state index in [2.05, 4.69) is 0 Å². The first-order valence-electron chi connectivity index (χ1n) is 4.06. The fraction of sp³-hybridized carbons (Fsp3) is 0.444. The van der Waals surface area contributed by atoms with Gasteiger partial charge < -0.3 is 14.3 Å². The van der Waals surface area contributed by atoms with Crippen molar-refractivity contribution in [2.45, 2.75) is 20.5 Å². The molecule has 72 valence electrons. The van der Waals surface area contributed by atoms with Crippen molar-refractivity contribution in [3.63, 3.8) is 0 Å². The highest BCUT2D eigenvalue weighted by Crippen LogP contribution is 2.15. The molecule has 0 spiro atoms. The number of hydrogen-bond donors (Lipinski definition) is 1. The van der Waals surface area contributed by atoms with Gasteiger partial charge in [0, 0.05) is 5.56 Å². The van der Waals surface area contributed by atoms with E-state index in [1.165, 1.54) is 0 Å². The first-order valence-corrected chi connectivity index (χ1v) is 4.06. The standard InChI is InChI=1S/C9H12O4/c1-3-12-9(11)8-6(2)4-7(5-10)13-8/h4,10H,3,5H2,1-2H3. The SMILES string of the molecule is CCOC(=O)c1oc(CO)cc1C. The van der Waals surface area contributed by atoms with Gasteiger partial charge in [0.15, 0.2) is 0 Å². The van der Waals surface area contributed by atoms with Crippen molar-refractivity contribution in [1.29, 1.82) is 0 Å². The molecular formula is C9H12O4. The van der Waals surface area contributed by atoms with Gasteiger partial charge in [0.2, 0.25) is 5.76 Å². The van der Waals surface area contributed by atoms with Crippen LogP contribution in [0, 0.1) is 6.92 Å². The highest BCUT2D eigenvalue weighted by Gasteiger charge is 2.15. The van der Waals surface area contributed by atoms with Crippen LogP contribution in [-0.4, -0.2) is 17.7 Å². The lowest BCUT2D eigenvalue weighted by molar-refractivity contribution is 0.0484. The van der Waals surface area contributed by atoms with Gasteiger partial charge in [-0.2, -0.15) is 0 Å². The number of aliphatic hydroxyl groups is 1. The van der Waals surface area contributed by atoms with Crippen LogP contribution in [0.1, 0.15) is 28.8 Å². The molecule has 0 aliphatic carbocycles. The minimum Gasteiger partial charge on any atom is -0.460 e. The number of furan rings is 1. The average Bonchev–Trinajstić information content (AvgIpc) is 2.47. The van der Waals surface area contributed by atoms with Gasteiger partial charge in [0.25, 0.3) is 0 Å².